The SMILES string of the molecule is CCNC(=NCCC(=O)N1CCCC(C)C1)NC(C)c1ccc(OCC)c(OCC)c1. The summed E-state index contributed by atoms with van der Waals surface area (Å²) in [5, 5.41) is 6.71. The summed E-state index contributed by atoms with van der Waals surface area (Å²) in [7, 11) is 0. The molecule has 1 heterocycles. The van der Waals surface area contributed by atoms with Crippen molar-refractivity contribution >= 4 is 11.9 Å². The van der Waals surface area contributed by atoms with Crippen LogP contribution in [0.15, 0.2) is 23.2 Å². The van der Waals surface area contributed by atoms with Gasteiger partial charge in [0.2, 0.25) is 5.91 Å². The number of amides is 1. The highest BCUT2D eigenvalue weighted by Crippen LogP contribution is 2.30. The first-order valence-electron chi connectivity index (χ1n) is 11.7. The largest absolute Gasteiger partial charge is 0.490 e. The Labute approximate surface area is 187 Å². The number of hydrogen-bond acceptors (Lipinski definition) is 4. The van der Waals surface area contributed by atoms with Crippen LogP contribution in [-0.2, 0) is 4.79 Å². The maximum atomic E-state index is 12.5. The molecule has 2 unspecified atom stereocenters. The summed E-state index contributed by atoms with van der Waals surface area (Å²) < 4.78 is 11.4. The fourth-order valence-electron chi connectivity index (χ4n) is 3.78. The number of aliphatic imine (C=N–C) groups is 1. The number of nitrogens with one attached hydrogen (secondary N) is 2. The van der Waals surface area contributed by atoms with Gasteiger partial charge in [-0.25, -0.2) is 0 Å². The molecule has 7 nitrogen and oxygen atoms in total. The van der Waals surface area contributed by atoms with Gasteiger partial charge in [0, 0.05) is 26.1 Å². The van der Waals surface area contributed by atoms with Crippen LogP contribution >= 0.6 is 0 Å². The topological polar surface area (TPSA) is 75.2 Å². The van der Waals surface area contributed by atoms with E-state index in [4.69, 9.17) is 9.47 Å². The van der Waals surface area contributed by atoms with Crippen LogP contribution in [0.25, 0.3) is 0 Å². The zero-order chi connectivity index (χ0) is 22.6. The summed E-state index contributed by atoms with van der Waals surface area (Å²) >= 11 is 0. The van der Waals surface area contributed by atoms with Gasteiger partial charge in [0.15, 0.2) is 17.5 Å². The predicted molar refractivity (Wildman–Crippen MR) is 126 cm³/mol. The van der Waals surface area contributed by atoms with Gasteiger partial charge in [-0.3, -0.25) is 9.79 Å². The monoisotopic (exact) mass is 432 g/mol. The molecular weight excluding hydrogens is 392 g/mol. The average molecular weight is 433 g/mol. The van der Waals surface area contributed by atoms with Crippen molar-refractivity contribution in [2.75, 3.05) is 39.4 Å². The van der Waals surface area contributed by atoms with Crippen LogP contribution in [-0.4, -0.2) is 56.2 Å². The van der Waals surface area contributed by atoms with Crippen LogP contribution in [0.5, 0.6) is 11.5 Å². The van der Waals surface area contributed by atoms with Crippen LogP contribution in [0.4, 0.5) is 0 Å². The first kappa shape index (κ1) is 24.8. The van der Waals surface area contributed by atoms with Crippen LogP contribution in [0.1, 0.15) is 65.5 Å². The molecule has 0 saturated carbocycles. The lowest BCUT2D eigenvalue weighted by Crippen LogP contribution is -2.40. The van der Waals surface area contributed by atoms with E-state index in [-0.39, 0.29) is 11.9 Å². The molecule has 0 aromatic heterocycles. The van der Waals surface area contributed by atoms with Crippen molar-refractivity contribution in [3.05, 3.63) is 23.8 Å². The first-order valence-corrected chi connectivity index (χ1v) is 11.7. The highest BCUT2D eigenvalue weighted by Gasteiger charge is 2.20. The molecule has 1 aliphatic rings. The molecule has 0 spiro atoms. The molecule has 1 aromatic rings. The summed E-state index contributed by atoms with van der Waals surface area (Å²) in [6, 6.07) is 6.02. The number of guanidine groups is 1. The molecule has 1 saturated heterocycles. The Kier molecular flexibility index (Phi) is 10.5. The Hall–Kier alpha value is -2.44. The number of ether oxygens (including phenoxy) is 2. The minimum atomic E-state index is 0.0197. The zero-order valence-electron chi connectivity index (χ0n) is 19.9. The molecule has 2 N–H and O–H groups in total. The number of likely N-dealkylation sites (tertiary alicyclic amines) is 1. The molecule has 1 amide bonds. The van der Waals surface area contributed by atoms with Crippen molar-refractivity contribution in [2.24, 2.45) is 10.9 Å². The van der Waals surface area contributed by atoms with Gasteiger partial charge >= 0.3 is 0 Å². The van der Waals surface area contributed by atoms with Crippen LogP contribution in [0.3, 0.4) is 0 Å². The van der Waals surface area contributed by atoms with Crippen molar-refractivity contribution < 1.29 is 14.3 Å². The number of carbonyl (C=O) groups is 1. The maximum Gasteiger partial charge on any atom is 0.224 e. The van der Waals surface area contributed by atoms with Crippen LogP contribution in [0, 0.1) is 5.92 Å². The third kappa shape index (κ3) is 7.96. The smallest absolute Gasteiger partial charge is 0.224 e. The molecule has 0 aliphatic carbocycles. The van der Waals surface area contributed by atoms with Gasteiger partial charge in [-0.05, 0) is 64.2 Å². The number of nitrogens with zero attached hydrogens (tertiary/aromatic N) is 2. The summed E-state index contributed by atoms with van der Waals surface area (Å²) in [4.78, 5) is 19.1. The Morgan fingerprint density at radius 2 is 1.97 bits per heavy atom. The number of rotatable bonds is 10. The molecule has 31 heavy (non-hydrogen) atoms. The Bertz CT molecular complexity index is 723. The lowest BCUT2D eigenvalue weighted by atomic mass is 10.00. The fourth-order valence-corrected chi connectivity index (χ4v) is 3.78. The average Bonchev–Trinajstić information content (AvgIpc) is 2.75. The summed E-state index contributed by atoms with van der Waals surface area (Å²) in [6.07, 6.45) is 2.75. The predicted octanol–water partition coefficient (Wildman–Crippen LogP) is 3.75. The number of hydrogen-bond donors (Lipinski definition) is 2. The lowest BCUT2D eigenvalue weighted by Gasteiger charge is -2.30. The fraction of sp³-hybridized carbons (Fsp3) is 0.667. The normalized spacial score (nSPS) is 17.8. The highest BCUT2D eigenvalue weighted by molar-refractivity contribution is 5.81. The van der Waals surface area contributed by atoms with E-state index in [1.807, 2.05) is 43.9 Å². The Morgan fingerprint density at radius 1 is 1.23 bits per heavy atom. The van der Waals surface area contributed by atoms with Gasteiger partial charge in [0.05, 0.1) is 25.8 Å². The van der Waals surface area contributed by atoms with E-state index in [0.717, 1.165) is 43.1 Å². The molecule has 0 bridgehead atoms. The first-order chi connectivity index (χ1) is 15.0. The van der Waals surface area contributed by atoms with E-state index >= 15 is 0 Å². The molecule has 0 radical (unpaired) electrons. The van der Waals surface area contributed by atoms with Crippen molar-refractivity contribution in [2.45, 2.75) is 59.9 Å². The molecule has 1 aliphatic heterocycles. The van der Waals surface area contributed by atoms with Crippen LogP contribution in [0.2, 0.25) is 0 Å². The lowest BCUT2D eigenvalue weighted by molar-refractivity contribution is -0.132. The molecular formula is C24H40N4O3. The van der Waals surface area contributed by atoms with E-state index in [2.05, 4.69) is 29.5 Å². The van der Waals surface area contributed by atoms with Crippen molar-refractivity contribution in [3.8, 4) is 11.5 Å². The number of carbonyl (C=O) groups excluding carboxylic acids is 1. The van der Waals surface area contributed by atoms with Gasteiger partial charge in [-0.1, -0.05) is 13.0 Å². The Balaban J connectivity index is 1.98. The molecule has 1 fully saturated rings. The van der Waals surface area contributed by atoms with E-state index in [0.29, 0.717) is 38.1 Å². The van der Waals surface area contributed by atoms with E-state index in [1.165, 1.54) is 6.42 Å². The summed E-state index contributed by atoms with van der Waals surface area (Å²) in [5.41, 5.74) is 1.08. The second-order valence-corrected chi connectivity index (χ2v) is 8.04. The van der Waals surface area contributed by atoms with Crippen molar-refractivity contribution in [1.82, 2.24) is 15.5 Å². The second kappa shape index (κ2) is 13.1. The Morgan fingerprint density at radius 3 is 2.65 bits per heavy atom. The quantitative estimate of drug-likeness (QED) is 0.435. The number of benzene rings is 1. The van der Waals surface area contributed by atoms with Gasteiger partial charge in [0.1, 0.15) is 0 Å². The van der Waals surface area contributed by atoms with Gasteiger partial charge in [-0.15, -0.1) is 0 Å². The van der Waals surface area contributed by atoms with Gasteiger partial charge in [-0.2, -0.15) is 0 Å². The molecule has 2 rings (SSSR count). The van der Waals surface area contributed by atoms with E-state index in [1.54, 1.807) is 0 Å². The standard InChI is InChI=1S/C24H40N4O3/c1-6-25-24(26-14-13-23(29)28-15-9-10-18(4)17-28)27-19(5)20-11-12-21(30-7-2)22(16-20)31-8-3/h11-12,16,18-19H,6-10,13-15,17H2,1-5H3,(H2,25,26,27). The maximum absolute atomic E-state index is 12.5. The van der Waals surface area contributed by atoms with Gasteiger partial charge in [0.25, 0.3) is 0 Å². The van der Waals surface area contributed by atoms with Crippen molar-refractivity contribution in [3.63, 3.8) is 0 Å². The molecule has 1 aromatic carbocycles. The minimum absolute atomic E-state index is 0.0197. The zero-order valence-corrected chi connectivity index (χ0v) is 19.9. The minimum Gasteiger partial charge on any atom is -0.490 e. The van der Waals surface area contributed by atoms with E-state index in [9.17, 15) is 4.79 Å². The number of piperidine rings is 1. The third-order valence-electron chi connectivity index (χ3n) is 5.37. The van der Waals surface area contributed by atoms with Gasteiger partial charge < -0.3 is 25.0 Å². The van der Waals surface area contributed by atoms with Crippen LogP contribution < -0.4 is 20.1 Å². The van der Waals surface area contributed by atoms with Crippen molar-refractivity contribution in [1.29, 1.82) is 0 Å². The molecule has 174 valence electrons. The van der Waals surface area contributed by atoms with E-state index < -0.39 is 0 Å². The summed E-state index contributed by atoms with van der Waals surface area (Å²) in [5.74, 6) is 3.01. The second-order valence-electron chi connectivity index (χ2n) is 8.04. The summed E-state index contributed by atoms with van der Waals surface area (Å²) in [6.45, 7) is 14.4. The molecule has 2 atom stereocenters. The molecule has 7 heteroatoms. The third-order valence-corrected chi connectivity index (χ3v) is 5.37. The highest BCUT2D eigenvalue weighted by atomic mass is 16.5.